The van der Waals surface area contributed by atoms with E-state index in [9.17, 15) is 18.0 Å². The Bertz CT molecular complexity index is 677. The summed E-state index contributed by atoms with van der Waals surface area (Å²) in [6.07, 6.45) is -0.827. The van der Waals surface area contributed by atoms with Crippen molar-refractivity contribution in [3.63, 3.8) is 0 Å². The number of hydrogen-bond donors (Lipinski definition) is 2. The maximum Gasteiger partial charge on any atom is 1.00 e. The van der Waals surface area contributed by atoms with E-state index in [0.29, 0.717) is 4.31 Å². The molecule has 1 fully saturated rings. The van der Waals surface area contributed by atoms with Gasteiger partial charge in [-0.2, -0.15) is 8.42 Å². The van der Waals surface area contributed by atoms with E-state index in [4.69, 9.17) is 9.29 Å². The summed E-state index contributed by atoms with van der Waals surface area (Å²) >= 11 is 1.86. The number of hydrogen-bond acceptors (Lipinski definition) is 5. The van der Waals surface area contributed by atoms with Gasteiger partial charge in [-0.25, -0.2) is 9.10 Å². The van der Waals surface area contributed by atoms with Crippen molar-refractivity contribution in [1.82, 2.24) is 9.62 Å². The second kappa shape index (κ2) is 8.62. The molecule has 1 saturated heterocycles. The van der Waals surface area contributed by atoms with Crippen molar-refractivity contribution in [2.75, 3.05) is 4.43 Å². The molecule has 0 spiro atoms. The number of ether oxygens (including phenoxy) is 1. The van der Waals surface area contributed by atoms with Crippen LogP contribution in [-0.4, -0.2) is 45.8 Å². The van der Waals surface area contributed by atoms with Gasteiger partial charge in [0.25, 0.3) is 5.91 Å². The zero-order chi connectivity index (χ0) is 16.3. The first kappa shape index (κ1) is 20.6. The molecule has 0 aromatic heterocycles. The average molecular weight is 464 g/mol. The number of nitrogens with zero attached hydrogens (tertiary/aromatic N) is 1. The Morgan fingerprint density at radius 3 is 2.52 bits per heavy atom. The fourth-order valence-electron chi connectivity index (χ4n) is 2.00. The van der Waals surface area contributed by atoms with E-state index in [1.54, 1.807) is 24.3 Å². The van der Waals surface area contributed by atoms with Gasteiger partial charge >= 0.3 is 46.0 Å². The molecule has 122 valence electrons. The van der Waals surface area contributed by atoms with Gasteiger partial charge in [0.05, 0.1) is 6.04 Å². The number of nitrogens with one attached hydrogen (secondary N) is 1. The minimum absolute atomic E-state index is 0. The molecule has 8 nitrogen and oxygen atoms in total. The number of benzene rings is 1. The van der Waals surface area contributed by atoms with Crippen LogP contribution < -0.4 is 34.9 Å². The van der Waals surface area contributed by atoms with Crippen molar-refractivity contribution < 1.29 is 58.3 Å². The van der Waals surface area contributed by atoms with Gasteiger partial charge in [0.1, 0.15) is 12.6 Å². The van der Waals surface area contributed by atoms with Crippen LogP contribution in [0.1, 0.15) is 6.99 Å². The van der Waals surface area contributed by atoms with Crippen LogP contribution in [0.15, 0.2) is 30.3 Å². The van der Waals surface area contributed by atoms with Crippen molar-refractivity contribution >= 4 is 44.9 Å². The fourth-order valence-corrected chi connectivity index (χ4v) is 4.05. The monoisotopic (exact) mass is 464 g/mol. The van der Waals surface area contributed by atoms with Crippen LogP contribution in [0, 0.1) is 0 Å². The van der Waals surface area contributed by atoms with Crippen LogP contribution in [0.2, 0.25) is 0 Å². The number of alkyl halides is 1. The van der Waals surface area contributed by atoms with E-state index >= 15 is 0 Å². The summed E-state index contributed by atoms with van der Waals surface area (Å²) in [5.74, 6) is -0.888. The molecule has 0 radical (unpaired) electrons. The number of amides is 2. The van der Waals surface area contributed by atoms with Gasteiger partial charge in [0.2, 0.25) is 0 Å². The number of carbonyl (C=O) groups excluding carboxylic acids is 2. The molecule has 1 aromatic carbocycles. The smallest absolute Gasteiger partial charge is 1.00 e. The van der Waals surface area contributed by atoms with E-state index in [1.807, 2.05) is 28.7 Å². The molecule has 2 unspecified atom stereocenters. The topological polar surface area (TPSA) is 113 Å². The Balaban J connectivity index is 0.00000264. The Labute approximate surface area is 170 Å². The molecule has 11 heteroatoms. The molecule has 1 aromatic rings. The Kier molecular flexibility index (Phi) is 7.74. The predicted molar refractivity (Wildman–Crippen MR) is 85.7 cm³/mol. The number of rotatable bonds is 5. The second-order valence-electron chi connectivity index (χ2n) is 4.52. The Morgan fingerprint density at radius 2 is 2.00 bits per heavy atom. The summed E-state index contributed by atoms with van der Waals surface area (Å²) in [5.41, 5.74) is 0.780. The van der Waals surface area contributed by atoms with Crippen LogP contribution in [0.5, 0.6) is 0 Å². The molecule has 2 atom stereocenters. The van der Waals surface area contributed by atoms with Crippen LogP contribution >= 0.6 is 22.6 Å². The Morgan fingerprint density at radius 1 is 1.39 bits per heavy atom. The zero-order valence-electron chi connectivity index (χ0n) is 13.2. The van der Waals surface area contributed by atoms with Crippen molar-refractivity contribution in [2.45, 2.75) is 18.7 Å². The molecule has 2 rings (SSSR count). The standard InChI is InChI=1S/C12H13IN2O6S.Na.H/c13-6-9-10(11(16)15(9)22(18,19)20)14-12(17)21-7-8-4-2-1-3-5-8;;/h1-5,9-10H,6-7H2,(H,14,17)(H,18,19,20);;/q;+1;-1. The quantitative estimate of drug-likeness (QED) is 0.169. The summed E-state index contributed by atoms with van der Waals surface area (Å²) in [6.45, 7) is 0.0322. The molecular weight excluding hydrogens is 450 g/mol. The van der Waals surface area contributed by atoms with Gasteiger partial charge in [-0.1, -0.05) is 52.9 Å². The second-order valence-corrected chi connectivity index (χ2v) is 6.69. The molecule has 0 saturated carbocycles. The van der Waals surface area contributed by atoms with Gasteiger partial charge in [0.15, 0.2) is 0 Å². The van der Waals surface area contributed by atoms with Gasteiger partial charge in [0, 0.05) is 4.43 Å². The zero-order valence-corrected chi connectivity index (χ0v) is 17.2. The maximum absolute atomic E-state index is 11.7. The van der Waals surface area contributed by atoms with Crippen molar-refractivity contribution in [3.8, 4) is 0 Å². The normalized spacial score (nSPS) is 20.3. The third-order valence-electron chi connectivity index (χ3n) is 3.06. The average Bonchev–Trinajstić information content (AvgIpc) is 2.47. The fraction of sp³-hybridized carbons (Fsp3) is 0.333. The molecule has 2 amide bonds. The summed E-state index contributed by atoms with van der Waals surface area (Å²) in [7, 11) is -4.61. The molecule has 0 aliphatic carbocycles. The van der Waals surface area contributed by atoms with Gasteiger partial charge < -0.3 is 11.5 Å². The van der Waals surface area contributed by atoms with E-state index < -0.39 is 34.4 Å². The molecular formula is C12H14IN2NaO6S. The van der Waals surface area contributed by atoms with Gasteiger partial charge in [-0.3, -0.25) is 9.35 Å². The first-order valence-corrected chi connectivity index (χ1v) is 9.10. The number of carbonyl (C=O) groups is 2. The maximum atomic E-state index is 11.7. The minimum atomic E-state index is -4.61. The first-order chi connectivity index (χ1) is 10.3. The summed E-state index contributed by atoms with van der Waals surface area (Å²) in [5, 5.41) is 2.31. The van der Waals surface area contributed by atoms with Gasteiger partial charge in [-0.15, -0.1) is 0 Å². The number of alkyl carbamates (subject to hydrolysis) is 1. The summed E-state index contributed by atoms with van der Waals surface area (Å²) < 4.78 is 36.6. The largest absolute Gasteiger partial charge is 1.00 e. The molecule has 2 N–H and O–H groups in total. The van der Waals surface area contributed by atoms with Crippen LogP contribution in [0.4, 0.5) is 4.79 Å². The summed E-state index contributed by atoms with van der Waals surface area (Å²) in [6, 6.07) is 7.11. The van der Waals surface area contributed by atoms with E-state index in [0.717, 1.165) is 5.56 Å². The number of β-lactam (4-membered cyclic amide) rings is 1. The molecule has 1 aliphatic rings. The first-order valence-electron chi connectivity index (χ1n) is 6.18. The van der Waals surface area contributed by atoms with E-state index in [2.05, 4.69) is 5.32 Å². The van der Waals surface area contributed by atoms with Crippen molar-refractivity contribution in [2.24, 2.45) is 0 Å². The van der Waals surface area contributed by atoms with Crippen LogP contribution in [0.25, 0.3) is 0 Å². The number of halogens is 1. The molecule has 23 heavy (non-hydrogen) atoms. The van der Waals surface area contributed by atoms with Crippen LogP contribution in [0.3, 0.4) is 0 Å². The third kappa shape index (κ3) is 5.03. The SMILES string of the molecule is O=C(NC1C(=O)N(S(=O)(=O)O)C1CI)OCc1ccccc1.[H-].[Na+]. The van der Waals surface area contributed by atoms with E-state index in [1.165, 1.54) is 0 Å². The molecule has 1 heterocycles. The van der Waals surface area contributed by atoms with Crippen molar-refractivity contribution in [1.29, 1.82) is 0 Å². The Hall–Kier alpha value is -0.400. The summed E-state index contributed by atoms with van der Waals surface area (Å²) in [4.78, 5) is 23.4. The van der Waals surface area contributed by atoms with Gasteiger partial charge in [-0.05, 0) is 5.56 Å². The van der Waals surface area contributed by atoms with Crippen LogP contribution in [-0.2, 0) is 26.4 Å². The molecule has 0 bridgehead atoms. The minimum Gasteiger partial charge on any atom is -1.00 e. The predicted octanol–water partition coefficient (Wildman–Crippen LogP) is -2.15. The molecule has 1 aliphatic heterocycles. The third-order valence-corrected chi connectivity index (χ3v) is 4.91. The van der Waals surface area contributed by atoms with E-state index in [-0.39, 0.29) is 42.0 Å². The van der Waals surface area contributed by atoms with Crippen molar-refractivity contribution in [3.05, 3.63) is 35.9 Å².